The summed E-state index contributed by atoms with van der Waals surface area (Å²) >= 11 is 7.34. The second kappa shape index (κ2) is 5.73. The summed E-state index contributed by atoms with van der Waals surface area (Å²) in [5.74, 6) is 3.13. The van der Waals surface area contributed by atoms with Crippen molar-refractivity contribution in [2.75, 3.05) is 0 Å². The Morgan fingerprint density at radius 3 is 2.82 bits per heavy atom. The van der Waals surface area contributed by atoms with Crippen LogP contribution in [0.4, 0.5) is 0 Å². The standard InChI is InChI=1S/C14H12ClN5OS/c15-10-5-3-9(4-6-10)13-19-17-11(21-13)7-22-14-16-12(18-20-14)8-1-2-8/h3-6,8H,1-2,7H2,(H,16,18,20). The summed E-state index contributed by atoms with van der Waals surface area (Å²) in [5, 5.41) is 16.7. The average Bonchev–Trinajstić information content (AvgIpc) is 3.09. The molecule has 0 unspecified atom stereocenters. The van der Waals surface area contributed by atoms with Gasteiger partial charge in [-0.15, -0.1) is 15.3 Å². The van der Waals surface area contributed by atoms with E-state index >= 15 is 0 Å². The molecule has 1 aromatic carbocycles. The number of aromatic amines is 1. The summed E-state index contributed by atoms with van der Waals surface area (Å²) in [6.07, 6.45) is 2.40. The molecule has 1 N–H and O–H groups in total. The molecule has 0 aliphatic heterocycles. The van der Waals surface area contributed by atoms with Crippen LogP contribution in [0.2, 0.25) is 5.02 Å². The van der Waals surface area contributed by atoms with Gasteiger partial charge >= 0.3 is 0 Å². The number of rotatable bonds is 5. The second-order valence-corrected chi connectivity index (χ2v) is 6.45. The Hall–Kier alpha value is -1.86. The van der Waals surface area contributed by atoms with Crippen molar-refractivity contribution in [1.29, 1.82) is 0 Å². The number of thioether (sulfide) groups is 1. The van der Waals surface area contributed by atoms with Gasteiger partial charge in [0.2, 0.25) is 16.9 Å². The van der Waals surface area contributed by atoms with Crippen molar-refractivity contribution < 1.29 is 4.42 Å². The van der Waals surface area contributed by atoms with E-state index in [2.05, 4.69) is 25.4 Å². The Balaban J connectivity index is 1.41. The normalized spacial score (nSPS) is 14.4. The first kappa shape index (κ1) is 13.8. The molecule has 1 fully saturated rings. The van der Waals surface area contributed by atoms with Gasteiger partial charge in [0.25, 0.3) is 0 Å². The monoisotopic (exact) mass is 333 g/mol. The molecule has 2 aromatic heterocycles. The first-order chi connectivity index (χ1) is 10.8. The second-order valence-electron chi connectivity index (χ2n) is 5.07. The molecule has 1 saturated carbocycles. The average molecular weight is 334 g/mol. The third-order valence-corrected chi connectivity index (χ3v) is 4.41. The molecular weight excluding hydrogens is 322 g/mol. The van der Waals surface area contributed by atoms with Crippen LogP contribution in [0.5, 0.6) is 0 Å². The highest BCUT2D eigenvalue weighted by atomic mass is 35.5. The summed E-state index contributed by atoms with van der Waals surface area (Å²) in [7, 11) is 0. The summed E-state index contributed by atoms with van der Waals surface area (Å²) in [6, 6.07) is 7.29. The van der Waals surface area contributed by atoms with E-state index in [1.54, 1.807) is 12.1 Å². The van der Waals surface area contributed by atoms with Crippen molar-refractivity contribution in [3.8, 4) is 11.5 Å². The van der Waals surface area contributed by atoms with E-state index in [9.17, 15) is 0 Å². The lowest BCUT2D eigenvalue weighted by Crippen LogP contribution is -1.83. The van der Waals surface area contributed by atoms with Crippen molar-refractivity contribution in [2.45, 2.75) is 29.7 Å². The van der Waals surface area contributed by atoms with Crippen LogP contribution in [-0.2, 0) is 5.75 Å². The molecule has 112 valence electrons. The Bertz CT molecular complexity index is 781. The lowest BCUT2D eigenvalue weighted by Gasteiger charge is -1.94. The van der Waals surface area contributed by atoms with Crippen molar-refractivity contribution in [1.82, 2.24) is 25.4 Å². The van der Waals surface area contributed by atoms with Crippen LogP contribution in [0.15, 0.2) is 33.8 Å². The van der Waals surface area contributed by atoms with Gasteiger partial charge in [0.1, 0.15) is 5.82 Å². The number of nitrogens with one attached hydrogen (secondary N) is 1. The predicted molar refractivity (Wildman–Crippen MR) is 82.7 cm³/mol. The van der Waals surface area contributed by atoms with E-state index < -0.39 is 0 Å². The molecule has 4 rings (SSSR count). The first-order valence-corrected chi connectivity index (χ1v) is 8.28. The molecule has 0 saturated heterocycles. The fourth-order valence-corrected chi connectivity index (χ4v) is 2.78. The third kappa shape index (κ3) is 3.00. The fraction of sp³-hybridized carbons (Fsp3) is 0.286. The summed E-state index contributed by atoms with van der Waals surface area (Å²) in [6.45, 7) is 0. The van der Waals surface area contributed by atoms with Crippen molar-refractivity contribution in [3.63, 3.8) is 0 Å². The van der Waals surface area contributed by atoms with E-state index in [1.807, 2.05) is 12.1 Å². The molecule has 6 nitrogen and oxygen atoms in total. The van der Waals surface area contributed by atoms with Crippen LogP contribution in [0.3, 0.4) is 0 Å². The number of hydrogen-bond donors (Lipinski definition) is 1. The van der Waals surface area contributed by atoms with Crippen molar-refractivity contribution in [3.05, 3.63) is 41.0 Å². The van der Waals surface area contributed by atoms with Crippen LogP contribution >= 0.6 is 23.4 Å². The maximum Gasteiger partial charge on any atom is 0.247 e. The number of hydrogen-bond acceptors (Lipinski definition) is 6. The molecule has 1 aliphatic rings. The highest BCUT2D eigenvalue weighted by Gasteiger charge is 2.27. The summed E-state index contributed by atoms with van der Waals surface area (Å²) in [4.78, 5) is 4.45. The zero-order chi connectivity index (χ0) is 14.9. The Morgan fingerprint density at radius 2 is 2.05 bits per heavy atom. The van der Waals surface area contributed by atoms with Gasteiger partial charge in [-0.3, -0.25) is 5.10 Å². The van der Waals surface area contributed by atoms with Crippen molar-refractivity contribution in [2.24, 2.45) is 0 Å². The molecule has 8 heteroatoms. The van der Waals surface area contributed by atoms with E-state index in [-0.39, 0.29) is 0 Å². The van der Waals surface area contributed by atoms with E-state index in [1.165, 1.54) is 24.6 Å². The van der Waals surface area contributed by atoms with Crippen LogP contribution in [-0.4, -0.2) is 25.4 Å². The van der Waals surface area contributed by atoms with Gasteiger partial charge in [0.05, 0.1) is 5.75 Å². The Labute approximate surface area is 135 Å². The first-order valence-electron chi connectivity index (χ1n) is 6.91. The van der Waals surface area contributed by atoms with E-state index in [4.69, 9.17) is 16.0 Å². The minimum absolute atomic E-state index is 0.487. The third-order valence-electron chi connectivity index (χ3n) is 3.33. The highest BCUT2D eigenvalue weighted by Crippen LogP contribution is 2.38. The van der Waals surface area contributed by atoms with Gasteiger partial charge in [-0.2, -0.15) is 0 Å². The number of benzene rings is 1. The zero-order valence-electron chi connectivity index (χ0n) is 11.5. The van der Waals surface area contributed by atoms with E-state index in [0.29, 0.717) is 33.6 Å². The molecule has 0 radical (unpaired) electrons. The zero-order valence-corrected chi connectivity index (χ0v) is 13.1. The molecule has 0 spiro atoms. The maximum absolute atomic E-state index is 5.86. The predicted octanol–water partition coefficient (Wildman–Crippen LogP) is 3.68. The number of nitrogens with zero attached hydrogens (tertiary/aromatic N) is 4. The summed E-state index contributed by atoms with van der Waals surface area (Å²) in [5.41, 5.74) is 0.849. The van der Waals surface area contributed by atoms with E-state index in [0.717, 1.165) is 11.4 Å². The quantitative estimate of drug-likeness (QED) is 0.717. The summed E-state index contributed by atoms with van der Waals surface area (Å²) < 4.78 is 5.65. The maximum atomic E-state index is 5.86. The van der Waals surface area contributed by atoms with Crippen LogP contribution < -0.4 is 0 Å². The molecular formula is C14H12ClN5OS. The van der Waals surface area contributed by atoms with Gasteiger partial charge in [-0.1, -0.05) is 23.4 Å². The highest BCUT2D eigenvalue weighted by molar-refractivity contribution is 7.98. The minimum Gasteiger partial charge on any atom is -0.420 e. The van der Waals surface area contributed by atoms with Gasteiger partial charge in [0, 0.05) is 16.5 Å². The molecule has 0 amide bonds. The number of aromatic nitrogens is 5. The number of H-pyrrole nitrogens is 1. The van der Waals surface area contributed by atoms with Crippen LogP contribution in [0.1, 0.15) is 30.5 Å². The molecule has 22 heavy (non-hydrogen) atoms. The van der Waals surface area contributed by atoms with Crippen LogP contribution in [0, 0.1) is 0 Å². The van der Waals surface area contributed by atoms with Gasteiger partial charge in [-0.25, -0.2) is 4.98 Å². The topological polar surface area (TPSA) is 80.5 Å². The van der Waals surface area contributed by atoms with Gasteiger partial charge in [-0.05, 0) is 37.1 Å². The molecule has 2 heterocycles. The lowest BCUT2D eigenvalue weighted by atomic mass is 10.2. The minimum atomic E-state index is 0.487. The fourth-order valence-electron chi connectivity index (χ4n) is 2.01. The number of halogens is 1. The van der Waals surface area contributed by atoms with Crippen LogP contribution in [0.25, 0.3) is 11.5 Å². The Kier molecular flexibility index (Phi) is 3.59. The Morgan fingerprint density at radius 1 is 1.23 bits per heavy atom. The van der Waals surface area contributed by atoms with Gasteiger partial charge in [0.15, 0.2) is 0 Å². The van der Waals surface area contributed by atoms with Gasteiger partial charge < -0.3 is 4.42 Å². The molecule has 0 atom stereocenters. The van der Waals surface area contributed by atoms with Crippen molar-refractivity contribution >= 4 is 23.4 Å². The molecule has 3 aromatic rings. The SMILES string of the molecule is Clc1ccc(-c2nnc(CSc3n[nH]c(C4CC4)n3)o2)cc1. The smallest absolute Gasteiger partial charge is 0.247 e. The molecule has 0 bridgehead atoms. The molecule has 1 aliphatic carbocycles. The largest absolute Gasteiger partial charge is 0.420 e. The lowest BCUT2D eigenvalue weighted by molar-refractivity contribution is 0.528.